The molecule has 2 aromatic rings. The minimum Gasteiger partial charge on any atom is -0.507 e. The average Bonchev–Trinajstić information content (AvgIpc) is 2.46. The van der Waals surface area contributed by atoms with Gasteiger partial charge < -0.3 is 19.9 Å². The molecule has 1 heterocycles. The zero-order valence-corrected chi connectivity index (χ0v) is 11.0. The average molecular weight is 288 g/mol. The lowest BCUT2D eigenvalue weighted by Crippen LogP contribution is -2.11. The molecule has 0 aliphatic rings. The zero-order chi connectivity index (χ0) is 15.4. The van der Waals surface area contributed by atoms with Gasteiger partial charge in [0.2, 0.25) is 5.75 Å². The van der Waals surface area contributed by atoms with Crippen molar-refractivity contribution in [2.45, 2.75) is 0 Å². The fourth-order valence-corrected chi connectivity index (χ4v) is 1.63. The third kappa shape index (κ3) is 3.27. The molecule has 0 unspecified atom stereocenters. The van der Waals surface area contributed by atoms with Crippen LogP contribution in [0, 0.1) is 0 Å². The SMILES string of the molecule is COc1cnc(/C=C/c2ccc(O)c(C(=O)O)c2)[nH]c1=O. The monoisotopic (exact) mass is 288 g/mol. The number of carbonyl (C=O) groups is 1. The predicted octanol–water partition coefficient (Wildman–Crippen LogP) is 1.35. The van der Waals surface area contributed by atoms with Gasteiger partial charge in [0.25, 0.3) is 5.56 Å². The number of H-pyrrole nitrogens is 1. The number of rotatable bonds is 4. The minimum absolute atomic E-state index is 0.102. The molecule has 0 atom stereocenters. The highest BCUT2D eigenvalue weighted by molar-refractivity contribution is 5.91. The van der Waals surface area contributed by atoms with E-state index in [4.69, 9.17) is 9.84 Å². The summed E-state index contributed by atoms with van der Waals surface area (Å²) in [7, 11) is 1.37. The van der Waals surface area contributed by atoms with Crippen LogP contribution < -0.4 is 10.3 Å². The summed E-state index contributed by atoms with van der Waals surface area (Å²) in [6, 6.07) is 4.14. The number of benzene rings is 1. The fourth-order valence-electron chi connectivity index (χ4n) is 1.63. The Balaban J connectivity index is 2.29. The van der Waals surface area contributed by atoms with Crippen LogP contribution in [0.1, 0.15) is 21.7 Å². The first kappa shape index (κ1) is 14.3. The molecule has 1 aromatic carbocycles. The van der Waals surface area contributed by atoms with Crippen LogP contribution in [0.15, 0.2) is 29.2 Å². The van der Waals surface area contributed by atoms with Gasteiger partial charge in [-0.3, -0.25) is 4.79 Å². The standard InChI is InChI=1S/C14H12N2O5/c1-21-11-7-15-12(16-13(11)18)5-3-8-2-4-10(17)9(6-8)14(19)20/h2-7,17H,1H3,(H,19,20)(H,15,16,18)/b5-3+. The number of aromatic carboxylic acids is 1. The number of carboxylic acid groups (broad SMARTS) is 1. The highest BCUT2D eigenvalue weighted by atomic mass is 16.5. The molecule has 0 amide bonds. The predicted molar refractivity (Wildman–Crippen MR) is 75.4 cm³/mol. The van der Waals surface area contributed by atoms with Crippen LogP contribution in [-0.2, 0) is 0 Å². The summed E-state index contributed by atoms with van der Waals surface area (Å²) in [6.45, 7) is 0. The number of phenols is 1. The fraction of sp³-hybridized carbons (Fsp3) is 0.0714. The van der Waals surface area contributed by atoms with Gasteiger partial charge in [0.1, 0.15) is 17.1 Å². The highest BCUT2D eigenvalue weighted by Crippen LogP contribution is 2.19. The molecule has 7 heteroatoms. The van der Waals surface area contributed by atoms with Crippen LogP contribution in [0.4, 0.5) is 0 Å². The van der Waals surface area contributed by atoms with Crippen LogP contribution in [0.2, 0.25) is 0 Å². The highest BCUT2D eigenvalue weighted by Gasteiger charge is 2.09. The van der Waals surface area contributed by atoms with E-state index in [1.54, 1.807) is 12.1 Å². The van der Waals surface area contributed by atoms with Gasteiger partial charge in [-0.2, -0.15) is 0 Å². The molecule has 3 N–H and O–H groups in total. The molecule has 0 radical (unpaired) electrons. The van der Waals surface area contributed by atoms with E-state index < -0.39 is 11.5 Å². The second-order valence-electron chi connectivity index (χ2n) is 4.08. The maximum Gasteiger partial charge on any atom is 0.339 e. The Bertz CT molecular complexity index is 764. The summed E-state index contributed by atoms with van der Waals surface area (Å²) >= 11 is 0. The van der Waals surface area contributed by atoms with Crippen molar-refractivity contribution in [3.63, 3.8) is 0 Å². The summed E-state index contributed by atoms with van der Waals surface area (Å²) < 4.78 is 4.79. The summed E-state index contributed by atoms with van der Waals surface area (Å²) in [6.07, 6.45) is 4.37. The van der Waals surface area contributed by atoms with Gasteiger partial charge >= 0.3 is 5.97 Å². The largest absolute Gasteiger partial charge is 0.507 e. The van der Waals surface area contributed by atoms with Gasteiger partial charge in [-0.15, -0.1) is 0 Å². The topological polar surface area (TPSA) is 113 Å². The van der Waals surface area contributed by atoms with Crippen molar-refractivity contribution in [1.82, 2.24) is 9.97 Å². The Morgan fingerprint density at radius 1 is 1.38 bits per heavy atom. The maximum atomic E-state index is 11.5. The number of nitrogens with one attached hydrogen (secondary N) is 1. The molecule has 0 saturated heterocycles. The van der Waals surface area contributed by atoms with Crippen molar-refractivity contribution in [3.8, 4) is 11.5 Å². The number of carboxylic acids is 1. The Morgan fingerprint density at radius 3 is 2.76 bits per heavy atom. The first-order valence-electron chi connectivity index (χ1n) is 5.89. The van der Waals surface area contributed by atoms with Crippen molar-refractivity contribution in [3.05, 3.63) is 51.7 Å². The molecule has 0 bridgehead atoms. The number of aromatic nitrogens is 2. The molecular weight excluding hydrogens is 276 g/mol. The Morgan fingerprint density at radius 2 is 2.14 bits per heavy atom. The zero-order valence-electron chi connectivity index (χ0n) is 11.0. The first-order valence-corrected chi connectivity index (χ1v) is 5.89. The molecule has 1 aromatic heterocycles. The lowest BCUT2D eigenvalue weighted by Gasteiger charge is -2.01. The normalized spacial score (nSPS) is 10.7. The second kappa shape index (κ2) is 5.91. The third-order valence-electron chi connectivity index (χ3n) is 2.69. The van der Waals surface area contributed by atoms with Crippen LogP contribution in [0.3, 0.4) is 0 Å². The Hall–Kier alpha value is -3.09. The van der Waals surface area contributed by atoms with E-state index in [2.05, 4.69) is 9.97 Å². The maximum absolute atomic E-state index is 11.5. The van der Waals surface area contributed by atoms with Gasteiger partial charge in [0.15, 0.2) is 0 Å². The Kier molecular flexibility index (Phi) is 4.03. The van der Waals surface area contributed by atoms with Crippen molar-refractivity contribution in [2.24, 2.45) is 0 Å². The molecule has 2 rings (SSSR count). The molecule has 0 fully saturated rings. The van der Waals surface area contributed by atoms with Crippen LogP contribution in [0.5, 0.6) is 11.5 Å². The van der Waals surface area contributed by atoms with Gasteiger partial charge in [0, 0.05) is 0 Å². The Labute approximate surface area is 119 Å². The quantitative estimate of drug-likeness (QED) is 0.782. The van der Waals surface area contributed by atoms with Crippen molar-refractivity contribution in [1.29, 1.82) is 0 Å². The van der Waals surface area contributed by atoms with Crippen LogP contribution in [-0.4, -0.2) is 33.3 Å². The molecule has 7 nitrogen and oxygen atoms in total. The number of hydrogen-bond donors (Lipinski definition) is 3. The summed E-state index contributed by atoms with van der Waals surface area (Å²) in [5.74, 6) is -1.13. The summed E-state index contributed by atoms with van der Waals surface area (Å²) in [4.78, 5) is 28.9. The van der Waals surface area contributed by atoms with Crippen molar-refractivity contribution in [2.75, 3.05) is 7.11 Å². The van der Waals surface area contributed by atoms with Gasteiger partial charge in [0.05, 0.1) is 13.3 Å². The summed E-state index contributed by atoms with van der Waals surface area (Å²) in [5, 5.41) is 18.3. The van der Waals surface area contributed by atoms with E-state index in [0.717, 1.165) is 0 Å². The lowest BCUT2D eigenvalue weighted by atomic mass is 10.1. The number of nitrogens with zero attached hydrogens (tertiary/aromatic N) is 1. The van der Waals surface area contributed by atoms with Gasteiger partial charge in [-0.1, -0.05) is 12.1 Å². The number of hydrogen-bond acceptors (Lipinski definition) is 5. The molecule has 0 spiro atoms. The van der Waals surface area contributed by atoms with Crippen LogP contribution in [0.25, 0.3) is 12.2 Å². The van der Waals surface area contributed by atoms with Crippen LogP contribution >= 0.6 is 0 Å². The molecular formula is C14H12N2O5. The van der Waals surface area contributed by atoms with Crippen molar-refractivity contribution >= 4 is 18.1 Å². The third-order valence-corrected chi connectivity index (χ3v) is 2.69. The molecule has 108 valence electrons. The van der Waals surface area contributed by atoms with E-state index in [0.29, 0.717) is 11.4 Å². The van der Waals surface area contributed by atoms with E-state index in [-0.39, 0.29) is 17.1 Å². The van der Waals surface area contributed by atoms with E-state index in [1.165, 1.54) is 31.5 Å². The van der Waals surface area contributed by atoms with Gasteiger partial charge in [-0.25, -0.2) is 9.78 Å². The molecule has 0 saturated carbocycles. The van der Waals surface area contributed by atoms with E-state index in [1.807, 2.05) is 0 Å². The number of aromatic hydroxyl groups is 1. The summed E-state index contributed by atoms with van der Waals surface area (Å²) in [5.41, 5.74) is -0.0684. The number of aromatic amines is 1. The smallest absolute Gasteiger partial charge is 0.339 e. The van der Waals surface area contributed by atoms with Crippen molar-refractivity contribution < 1.29 is 19.7 Å². The minimum atomic E-state index is -1.22. The van der Waals surface area contributed by atoms with Gasteiger partial charge in [-0.05, 0) is 23.8 Å². The number of methoxy groups -OCH3 is 1. The molecule has 0 aliphatic carbocycles. The van der Waals surface area contributed by atoms with E-state index >= 15 is 0 Å². The second-order valence-corrected chi connectivity index (χ2v) is 4.08. The van der Waals surface area contributed by atoms with E-state index in [9.17, 15) is 14.7 Å². The molecule has 0 aliphatic heterocycles. The molecule has 21 heavy (non-hydrogen) atoms. The lowest BCUT2D eigenvalue weighted by molar-refractivity contribution is 0.0693. The number of ether oxygens (including phenoxy) is 1. The first-order chi connectivity index (χ1) is 10.0.